The standard InChI is InChI=1S/C24H29N5O3S/c1-15(2)21(26-23(31)17-8-12-19(32-5)13-9-17)22-27-28-24(29(22)4)33-14-20(30)25-18-10-6-16(3)7-11-18/h6-13,15,21H,14H2,1-5H3,(H,25,30)(H,26,31)/t21-/m0/s1. The molecule has 0 spiro atoms. The summed E-state index contributed by atoms with van der Waals surface area (Å²) in [7, 11) is 3.42. The number of carbonyl (C=O) groups excluding carboxylic acids is 2. The summed E-state index contributed by atoms with van der Waals surface area (Å²) < 4.78 is 6.97. The molecule has 2 amide bonds. The number of hydrogen-bond acceptors (Lipinski definition) is 6. The van der Waals surface area contributed by atoms with Gasteiger partial charge in [-0.2, -0.15) is 0 Å². The zero-order chi connectivity index (χ0) is 24.0. The van der Waals surface area contributed by atoms with Crippen molar-refractivity contribution in [3.63, 3.8) is 0 Å². The molecule has 0 radical (unpaired) electrons. The van der Waals surface area contributed by atoms with Crippen molar-refractivity contribution < 1.29 is 14.3 Å². The van der Waals surface area contributed by atoms with Crippen LogP contribution < -0.4 is 15.4 Å². The number of nitrogens with zero attached hydrogens (tertiary/aromatic N) is 3. The van der Waals surface area contributed by atoms with Crippen molar-refractivity contribution in [3.05, 3.63) is 65.5 Å². The Hall–Kier alpha value is -3.33. The van der Waals surface area contributed by atoms with Gasteiger partial charge >= 0.3 is 0 Å². The molecule has 1 heterocycles. The number of benzene rings is 2. The molecule has 33 heavy (non-hydrogen) atoms. The first kappa shape index (κ1) is 24.3. The second-order valence-corrected chi connectivity index (χ2v) is 8.97. The van der Waals surface area contributed by atoms with Gasteiger partial charge in [-0.05, 0) is 49.2 Å². The van der Waals surface area contributed by atoms with Crippen LogP contribution in [0.15, 0.2) is 53.7 Å². The second-order valence-electron chi connectivity index (χ2n) is 8.03. The van der Waals surface area contributed by atoms with E-state index in [2.05, 4.69) is 20.8 Å². The van der Waals surface area contributed by atoms with E-state index in [1.807, 2.05) is 56.7 Å². The molecular formula is C24H29N5O3S. The summed E-state index contributed by atoms with van der Waals surface area (Å²) >= 11 is 1.30. The monoisotopic (exact) mass is 467 g/mol. The zero-order valence-electron chi connectivity index (χ0n) is 19.5. The predicted molar refractivity (Wildman–Crippen MR) is 130 cm³/mol. The molecule has 3 rings (SSSR count). The number of thioether (sulfide) groups is 1. The highest BCUT2D eigenvalue weighted by Gasteiger charge is 2.25. The van der Waals surface area contributed by atoms with Crippen LogP contribution >= 0.6 is 11.8 Å². The van der Waals surface area contributed by atoms with E-state index in [-0.39, 0.29) is 29.5 Å². The number of carbonyl (C=O) groups is 2. The lowest BCUT2D eigenvalue weighted by molar-refractivity contribution is -0.113. The van der Waals surface area contributed by atoms with E-state index in [4.69, 9.17) is 4.74 Å². The third-order valence-electron chi connectivity index (χ3n) is 5.12. The fourth-order valence-corrected chi connectivity index (χ4v) is 3.90. The highest BCUT2D eigenvalue weighted by molar-refractivity contribution is 7.99. The van der Waals surface area contributed by atoms with E-state index in [1.54, 1.807) is 31.4 Å². The first-order valence-electron chi connectivity index (χ1n) is 10.6. The van der Waals surface area contributed by atoms with E-state index in [1.165, 1.54) is 11.8 Å². The lowest BCUT2D eigenvalue weighted by Crippen LogP contribution is -2.33. The van der Waals surface area contributed by atoms with Gasteiger partial charge in [0.15, 0.2) is 11.0 Å². The van der Waals surface area contributed by atoms with Crippen molar-refractivity contribution in [2.24, 2.45) is 13.0 Å². The molecule has 1 atom stereocenters. The van der Waals surface area contributed by atoms with Gasteiger partial charge in [0.05, 0.1) is 18.9 Å². The van der Waals surface area contributed by atoms with Crippen molar-refractivity contribution >= 4 is 29.3 Å². The summed E-state index contributed by atoms with van der Waals surface area (Å²) in [4.78, 5) is 25.1. The van der Waals surface area contributed by atoms with Crippen molar-refractivity contribution in [2.75, 3.05) is 18.2 Å². The Balaban J connectivity index is 1.65. The maximum absolute atomic E-state index is 12.8. The SMILES string of the molecule is COc1ccc(C(=O)N[C@H](c2nnc(SCC(=O)Nc3ccc(C)cc3)n2C)C(C)C)cc1. The molecule has 2 aromatic carbocycles. The van der Waals surface area contributed by atoms with Crippen LogP contribution in [0.25, 0.3) is 0 Å². The molecule has 0 fully saturated rings. The Labute approximate surface area is 198 Å². The molecule has 0 aliphatic heterocycles. The van der Waals surface area contributed by atoms with Gasteiger partial charge in [-0.3, -0.25) is 9.59 Å². The Morgan fingerprint density at radius 2 is 1.73 bits per heavy atom. The summed E-state index contributed by atoms with van der Waals surface area (Å²) in [6.45, 7) is 6.02. The fraction of sp³-hybridized carbons (Fsp3) is 0.333. The first-order valence-corrected chi connectivity index (χ1v) is 11.6. The van der Waals surface area contributed by atoms with E-state index in [0.29, 0.717) is 22.3 Å². The first-order chi connectivity index (χ1) is 15.8. The molecule has 0 aliphatic carbocycles. The molecule has 0 saturated carbocycles. The van der Waals surface area contributed by atoms with Crippen LogP contribution in [0.2, 0.25) is 0 Å². The van der Waals surface area contributed by atoms with E-state index in [0.717, 1.165) is 11.3 Å². The minimum absolute atomic E-state index is 0.0813. The Morgan fingerprint density at radius 3 is 2.33 bits per heavy atom. The molecule has 0 saturated heterocycles. The molecule has 3 aromatic rings. The van der Waals surface area contributed by atoms with Crippen LogP contribution in [-0.4, -0.2) is 39.4 Å². The van der Waals surface area contributed by atoms with E-state index >= 15 is 0 Å². The average molecular weight is 468 g/mol. The van der Waals surface area contributed by atoms with Crippen LogP contribution in [0, 0.1) is 12.8 Å². The van der Waals surface area contributed by atoms with Crippen LogP contribution in [0.3, 0.4) is 0 Å². The Bertz CT molecular complexity index is 1090. The van der Waals surface area contributed by atoms with Gasteiger partial charge in [-0.1, -0.05) is 43.3 Å². The van der Waals surface area contributed by atoms with Crippen molar-refractivity contribution in [1.82, 2.24) is 20.1 Å². The van der Waals surface area contributed by atoms with Gasteiger partial charge in [0.25, 0.3) is 5.91 Å². The maximum atomic E-state index is 12.8. The number of anilines is 1. The fourth-order valence-electron chi connectivity index (χ4n) is 3.18. The average Bonchev–Trinajstić information content (AvgIpc) is 3.17. The number of aromatic nitrogens is 3. The third kappa shape index (κ3) is 6.35. The van der Waals surface area contributed by atoms with Gasteiger partial charge in [-0.25, -0.2) is 0 Å². The normalized spacial score (nSPS) is 11.8. The molecule has 1 aromatic heterocycles. The zero-order valence-corrected chi connectivity index (χ0v) is 20.3. The predicted octanol–water partition coefficient (Wildman–Crippen LogP) is 3.99. The van der Waals surface area contributed by atoms with Crippen LogP contribution in [0.5, 0.6) is 5.75 Å². The second kappa shape index (κ2) is 11.0. The van der Waals surface area contributed by atoms with Gasteiger partial charge in [-0.15, -0.1) is 10.2 Å². The Morgan fingerprint density at radius 1 is 1.06 bits per heavy atom. The lowest BCUT2D eigenvalue weighted by Gasteiger charge is -2.21. The van der Waals surface area contributed by atoms with Crippen molar-refractivity contribution in [1.29, 1.82) is 0 Å². The van der Waals surface area contributed by atoms with E-state index < -0.39 is 0 Å². The van der Waals surface area contributed by atoms with Crippen LogP contribution in [-0.2, 0) is 11.8 Å². The quantitative estimate of drug-likeness (QED) is 0.462. The molecule has 8 nitrogen and oxygen atoms in total. The lowest BCUT2D eigenvalue weighted by atomic mass is 10.0. The summed E-state index contributed by atoms with van der Waals surface area (Å²) in [6.07, 6.45) is 0. The molecular weight excluding hydrogens is 438 g/mol. The topological polar surface area (TPSA) is 98.1 Å². The Kier molecular flexibility index (Phi) is 8.11. The summed E-state index contributed by atoms with van der Waals surface area (Å²) in [5, 5.41) is 15.1. The largest absolute Gasteiger partial charge is 0.497 e. The maximum Gasteiger partial charge on any atom is 0.251 e. The summed E-state index contributed by atoms with van der Waals surface area (Å²) in [5.74, 6) is 1.27. The molecule has 0 aliphatic rings. The van der Waals surface area contributed by atoms with Gasteiger partial charge in [0.2, 0.25) is 5.91 Å². The van der Waals surface area contributed by atoms with Gasteiger partial charge in [0.1, 0.15) is 5.75 Å². The number of rotatable bonds is 9. The molecule has 174 valence electrons. The van der Waals surface area contributed by atoms with Crippen LogP contribution in [0.1, 0.15) is 41.6 Å². The number of ether oxygens (including phenoxy) is 1. The minimum atomic E-state index is -0.340. The van der Waals surface area contributed by atoms with E-state index in [9.17, 15) is 9.59 Å². The molecule has 0 bridgehead atoms. The van der Waals surface area contributed by atoms with Crippen molar-refractivity contribution in [3.8, 4) is 5.75 Å². The van der Waals surface area contributed by atoms with Gasteiger partial charge in [0, 0.05) is 18.3 Å². The molecule has 0 unspecified atom stereocenters. The number of nitrogens with one attached hydrogen (secondary N) is 2. The number of hydrogen-bond donors (Lipinski definition) is 2. The molecule has 9 heteroatoms. The highest BCUT2D eigenvalue weighted by Crippen LogP contribution is 2.25. The number of amides is 2. The number of aryl methyl sites for hydroxylation is 1. The summed E-state index contributed by atoms with van der Waals surface area (Å²) in [6, 6.07) is 14.2. The molecule has 2 N–H and O–H groups in total. The van der Waals surface area contributed by atoms with Crippen LogP contribution in [0.4, 0.5) is 5.69 Å². The van der Waals surface area contributed by atoms with Crippen molar-refractivity contribution in [2.45, 2.75) is 32.0 Å². The minimum Gasteiger partial charge on any atom is -0.497 e. The van der Waals surface area contributed by atoms with Gasteiger partial charge < -0.3 is 19.9 Å². The summed E-state index contributed by atoms with van der Waals surface area (Å²) in [5.41, 5.74) is 2.42. The smallest absolute Gasteiger partial charge is 0.251 e. The number of methoxy groups -OCH3 is 1. The highest BCUT2D eigenvalue weighted by atomic mass is 32.2. The third-order valence-corrected chi connectivity index (χ3v) is 6.14.